The third-order valence-corrected chi connectivity index (χ3v) is 3.70. The summed E-state index contributed by atoms with van der Waals surface area (Å²) in [6.45, 7) is 5.68. The van der Waals surface area contributed by atoms with E-state index >= 15 is 0 Å². The summed E-state index contributed by atoms with van der Waals surface area (Å²) in [5.41, 5.74) is 1.80. The monoisotopic (exact) mass is 295 g/mol. The van der Waals surface area contributed by atoms with Gasteiger partial charge in [-0.3, -0.25) is 4.90 Å². The molecule has 22 heavy (non-hydrogen) atoms. The minimum atomic E-state index is -0.484. The van der Waals surface area contributed by atoms with Gasteiger partial charge in [-0.2, -0.15) is 0 Å². The maximum atomic E-state index is 12.5. The minimum Gasteiger partial charge on any atom is -0.444 e. The topological polar surface area (TPSA) is 29.3 Å². The first-order valence-corrected chi connectivity index (χ1v) is 7.58. The Labute approximate surface area is 131 Å². The number of ether oxygens (including phenoxy) is 1. The van der Waals surface area contributed by atoms with Crippen molar-refractivity contribution in [3.05, 3.63) is 71.8 Å². The van der Waals surface area contributed by atoms with Gasteiger partial charge in [-0.05, 0) is 31.9 Å². The van der Waals surface area contributed by atoms with Crippen LogP contribution in [0.3, 0.4) is 0 Å². The highest BCUT2D eigenvalue weighted by Crippen LogP contribution is 2.55. The Morgan fingerprint density at radius 1 is 0.864 bits per heavy atom. The summed E-state index contributed by atoms with van der Waals surface area (Å²) in [5.74, 6) is 0. The molecule has 0 N–H and O–H groups in total. The Hall–Kier alpha value is -2.29. The Morgan fingerprint density at radius 3 is 1.64 bits per heavy atom. The van der Waals surface area contributed by atoms with E-state index in [1.165, 1.54) is 0 Å². The van der Waals surface area contributed by atoms with E-state index < -0.39 is 5.60 Å². The number of amides is 1. The van der Waals surface area contributed by atoms with Crippen molar-refractivity contribution in [2.75, 3.05) is 0 Å². The van der Waals surface area contributed by atoms with E-state index in [-0.39, 0.29) is 18.2 Å². The molecule has 0 spiro atoms. The summed E-state index contributed by atoms with van der Waals surface area (Å²) in [6.07, 6.45) is -0.254. The van der Waals surface area contributed by atoms with Gasteiger partial charge >= 0.3 is 6.09 Å². The number of rotatable bonds is 2. The summed E-state index contributed by atoms with van der Waals surface area (Å²) in [4.78, 5) is 14.3. The van der Waals surface area contributed by atoms with Gasteiger partial charge in [0, 0.05) is 0 Å². The van der Waals surface area contributed by atoms with E-state index in [1.807, 2.05) is 62.1 Å². The molecule has 2 aromatic carbocycles. The normalized spacial score (nSPS) is 20.6. The van der Waals surface area contributed by atoms with Crippen molar-refractivity contribution < 1.29 is 9.53 Å². The quantitative estimate of drug-likeness (QED) is 0.750. The van der Waals surface area contributed by atoms with Gasteiger partial charge in [0.05, 0.1) is 12.1 Å². The Morgan fingerprint density at radius 2 is 1.27 bits per heavy atom. The molecule has 1 saturated heterocycles. The van der Waals surface area contributed by atoms with Crippen LogP contribution in [-0.2, 0) is 4.74 Å². The zero-order chi connectivity index (χ0) is 15.7. The van der Waals surface area contributed by atoms with E-state index in [0.717, 1.165) is 11.1 Å². The van der Waals surface area contributed by atoms with Crippen LogP contribution in [0.1, 0.15) is 44.0 Å². The van der Waals surface area contributed by atoms with E-state index in [4.69, 9.17) is 4.74 Å². The summed E-state index contributed by atoms with van der Waals surface area (Å²) in [6, 6.07) is 20.3. The molecule has 2 unspecified atom stereocenters. The van der Waals surface area contributed by atoms with E-state index in [0.29, 0.717) is 0 Å². The summed E-state index contributed by atoms with van der Waals surface area (Å²) < 4.78 is 5.55. The second-order valence-electron chi connectivity index (χ2n) is 6.60. The fraction of sp³-hybridized carbons (Fsp3) is 0.316. The predicted octanol–water partition coefficient (Wildman–Crippen LogP) is 4.72. The number of hydrogen-bond acceptors (Lipinski definition) is 2. The summed E-state index contributed by atoms with van der Waals surface area (Å²) in [7, 11) is 0. The predicted molar refractivity (Wildman–Crippen MR) is 86.4 cm³/mol. The second kappa shape index (κ2) is 5.48. The molecule has 0 radical (unpaired) electrons. The van der Waals surface area contributed by atoms with E-state index in [2.05, 4.69) is 24.3 Å². The van der Waals surface area contributed by atoms with Crippen molar-refractivity contribution in [3.63, 3.8) is 0 Å². The van der Waals surface area contributed by atoms with Crippen LogP contribution in [0.25, 0.3) is 0 Å². The lowest BCUT2D eigenvalue weighted by atomic mass is 10.0. The zero-order valence-electron chi connectivity index (χ0n) is 13.2. The lowest BCUT2D eigenvalue weighted by Crippen LogP contribution is -2.27. The molecule has 0 aromatic heterocycles. The SMILES string of the molecule is CC(C)(C)OC(=O)N1C(c2ccccc2)C1c1ccccc1. The number of carbonyl (C=O) groups excluding carboxylic acids is 1. The molecule has 2 atom stereocenters. The summed E-state index contributed by atoms with van der Waals surface area (Å²) in [5, 5.41) is 0. The molecule has 3 rings (SSSR count). The number of carbonyl (C=O) groups is 1. The maximum absolute atomic E-state index is 12.5. The molecule has 2 aromatic rings. The van der Waals surface area contributed by atoms with Crippen LogP contribution >= 0.6 is 0 Å². The molecule has 1 aliphatic rings. The van der Waals surface area contributed by atoms with Crippen LogP contribution in [0.4, 0.5) is 4.79 Å². The number of hydrogen-bond donors (Lipinski definition) is 0. The van der Waals surface area contributed by atoms with Crippen molar-refractivity contribution in [3.8, 4) is 0 Å². The lowest BCUT2D eigenvalue weighted by Gasteiger charge is -2.20. The van der Waals surface area contributed by atoms with Crippen LogP contribution in [0.5, 0.6) is 0 Å². The highest BCUT2D eigenvalue weighted by Gasteiger charge is 2.54. The summed E-state index contributed by atoms with van der Waals surface area (Å²) >= 11 is 0. The molecule has 0 saturated carbocycles. The van der Waals surface area contributed by atoms with Crippen molar-refractivity contribution in [2.24, 2.45) is 0 Å². The van der Waals surface area contributed by atoms with Gasteiger partial charge in [0.25, 0.3) is 0 Å². The van der Waals surface area contributed by atoms with Gasteiger partial charge < -0.3 is 4.74 Å². The smallest absolute Gasteiger partial charge is 0.411 e. The van der Waals surface area contributed by atoms with E-state index in [9.17, 15) is 4.79 Å². The van der Waals surface area contributed by atoms with Gasteiger partial charge in [0.2, 0.25) is 0 Å². The highest BCUT2D eigenvalue weighted by molar-refractivity contribution is 5.74. The first-order chi connectivity index (χ1) is 10.5. The molecule has 114 valence electrons. The van der Waals surface area contributed by atoms with Crippen LogP contribution in [0.2, 0.25) is 0 Å². The third kappa shape index (κ3) is 2.98. The Kier molecular flexibility index (Phi) is 3.65. The van der Waals surface area contributed by atoms with Crippen LogP contribution < -0.4 is 0 Å². The van der Waals surface area contributed by atoms with Crippen LogP contribution in [0.15, 0.2) is 60.7 Å². The molecule has 1 aliphatic heterocycles. The first-order valence-electron chi connectivity index (χ1n) is 7.58. The average Bonchev–Trinajstić information content (AvgIpc) is 3.23. The number of nitrogens with zero attached hydrogens (tertiary/aromatic N) is 1. The number of benzene rings is 2. The van der Waals surface area contributed by atoms with Crippen molar-refractivity contribution in [2.45, 2.75) is 38.5 Å². The average molecular weight is 295 g/mol. The Balaban J connectivity index is 1.88. The largest absolute Gasteiger partial charge is 0.444 e. The van der Waals surface area contributed by atoms with Crippen LogP contribution in [-0.4, -0.2) is 16.6 Å². The van der Waals surface area contributed by atoms with Gasteiger partial charge in [-0.15, -0.1) is 0 Å². The zero-order valence-corrected chi connectivity index (χ0v) is 13.2. The molecule has 3 heteroatoms. The van der Waals surface area contributed by atoms with Crippen molar-refractivity contribution in [1.82, 2.24) is 4.90 Å². The fourth-order valence-electron chi connectivity index (χ4n) is 2.76. The van der Waals surface area contributed by atoms with Gasteiger partial charge in [-0.25, -0.2) is 4.79 Å². The molecule has 1 heterocycles. The van der Waals surface area contributed by atoms with Gasteiger partial charge in [0.15, 0.2) is 0 Å². The van der Waals surface area contributed by atoms with Crippen molar-refractivity contribution >= 4 is 6.09 Å². The third-order valence-electron chi connectivity index (χ3n) is 3.70. The molecule has 0 aliphatic carbocycles. The molecule has 1 amide bonds. The lowest BCUT2D eigenvalue weighted by molar-refractivity contribution is 0.0392. The van der Waals surface area contributed by atoms with Crippen LogP contribution in [0, 0.1) is 0 Å². The first kappa shape index (κ1) is 14.6. The Bertz CT molecular complexity index is 601. The molecule has 1 fully saturated rings. The maximum Gasteiger partial charge on any atom is 0.411 e. The highest BCUT2D eigenvalue weighted by atomic mass is 16.6. The standard InChI is InChI=1S/C19H21NO2/c1-19(2,3)22-18(21)20-16(14-10-6-4-7-11-14)17(20)15-12-8-5-9-13-15/h4-13,16-17H,1-3H3. The molecular formula is C19H21NO2. The van der Waals surface area contributed by atoms with E-state index in [1.54, 1.807) is 0 Å². The fourth-order valence-corrected chi connectivity index (χ4v) is 2.76. The van der Waals surface area contributed by atoms with Gasteiger partial charge in [0.1, 0.15) is 5.60 Å². The second-order valence-corrected chi connectivity index (χ2v) is 6.60. The van der Waals surface area contributed by atoms with Crippen molar-refractivity contribution in [1.29, 1.82) is 0 Å². The molecule has 0 bridgehead atoms. The van der Waals surface area contributed by atoms with Gasteiger partial charge in [-0.1, -0.05) is 60.7 Å². The minimum absolute atomic E-state index is 0.0541. The molecule has 3 nitrogen and oxygen atoms in total. The molecular weight excluding hydrogens is 274 g/mol.